The highest BCUT2D eigenvalue weighted by Crippen LogP contribution is 2.42. The zero-order valence-electron chi connectivity index (χ0n) is 13.6. The molecule has 0 unspecified atom stereocenters. The van der Waals surface area contributed by atoms with Crippen LogP contribution in [0.4, 0.5) is 0 Å². The molecule has 0 aliphatic carbocycles. The first-order valence-electron chi connectivity index (χ1n) is 7.40. The molecule has 3 N–H and O–H groups in total. The Kier molecular flexibility index (Phi) is 4.04. The van der Waals surface area contributed by atoms with Crippen LogP contribution in [0.5, 0.6) is 28.7 Å². The summed E-state index contributed by atoms with van der Waals surface area (Å²) in [6.45, 7) is 3.46. The summed E-state index contributed by atoms with van der Waals surface area (Å²) in [7, 11) is 1.57. The predicted octanol–water partition coefficient (Wildman–Crippen LogP) is 3.91. The highest BCUT2D eigenvalue weighted by Gasteiger charge is 2.20. The molecule has 0 aliphatic heterocycles. The Morgan fingerprint density at radius 1 is 1.00 bits per heavy atom. The number of nitrogens with one attached hydrogen (secondary N) is 1. The number of methoxy groups -OCH3 is 1. The van der Waals surface area contributed by atoms with E-state index in [0.717, 1.165) is 0 Å². The minimum absolute atomic E-state index is 0.0238. The quantitative estimate of drug-likeness (QED) is 0.676. The third kappa shape index (κ3) is 2.62. The normalized spacial score (nSPS) is 10.6. The van der Waals surface area contributed by atoms with Crippen LogP contribution in [0.15, 0.2) is 36.4 Å². The van der Waals surface area contributed by atoms with Crippen LogP contribution in [0.25, 0.3) is 11.3 Å². The highest BCUT2D eigenvalue weighted by molar-refractivity contribution is 5.76. The number of hydrogen-bond donors (Lipinski definition) is 3. The van der Waals surface area contributed by atoms with Crippen molar-refractivity contribution in [3.63, 3.8) is 0 Å². The molecule has 6 heteroatoms. The van der Waals surface area contributed by atoms with Gasteiger partial charge in [0.15, 0.2) is 17.2 Å². The van der Waals surface area contributed by atoms with E-state index >= 15 is 0 Å². The highest BCUT2D eigenvalue weighted by atomic mass is 16.5. The molecule has 0 saturated heterocycles. The van der Waals surface area contributed by atoms with Gasteiger partial charge in [-0.05, 0) is 38.1 Å². The lowest BCUT2D eigenvalue weighted by atomic mass is 10.1. The first kappa shape index (κ1) is 15.7. The standard InChI is InChI=1S/C18H18N2O4/c1-10-13(21)9-8-12(17(10)22)16-18(11(2)19-20-16)24-15-7-5-4-6-14(15)23-3/h4-9,21-22H,1-3H3,(H,19,20). The summed E-state index contributed by atoms with van der Waals surface area (Å²) in [5, 5.41) is 27.2. The van der Waals surface area contributed by atoms with Crippen LogP contribution in [0.1, 0.15) is 11.3 Å². The molecule has 24 heavy (non-hydrogen) atoms. The second kappa shape index (κ2) is 6.16. The van der Waals surface area contributed by atoms with E-state index < -0.39 is 0 Å². The molecule has 1 heterocycles. The van der Waals surface area contributed by atoms with Gasteiger partial charge in [-0.25, -0.2) is 0 Å². The number of nitrogens with zero attached hydrogens (tertiary/aromatic N) is 1. The number of rotatable bonds is 4. The van der Waals surface area contributed by atoms with Crippen LogP contribution in [-0.4, -0.2) is 27.5 Å². The van der Waals surface area contributed by atoms with Crippen molar-refractivity contribution >= 4 is 0 Å². The number of phenols is 2. The molecule has 0 saturated carbocycles. The molecular weight excluding hydrogens is 308 g/mol. The average molecular weight is 326 g/mol. The Morgan fingerprint density at radius 3 is 2.42 bits per heavy atom. The van der Waals surface area contributed by atoms with Gasteiger partial charge in [-0.3, -0.25) is 5.10 Å². The number of hydrogen-bond acceptors (Lipinski definition) is 5. The van der Waals surface area contributed by atoms with Gasteiger partial charge in [-0.15, -0.1) is 0 Å². The maximum atomic E-state index is 10.3. The molecule has 0 radical (unpaired) electrons. The average Bonchev–Trinajstić information content (AvgIpc) is 2.94. The van der Waals surface area contributed by atoms with E-state index in [1.165, 1.54) is 6.07 Å². The number of aryl methyl sites for hydroxylation is 1. The van der Waals surface area contributed by atoms with E-state index in [-0.39, 0.29) is 11.5 Å². The molecular formula is C18H18N2O4. The first-order valence-corrected chi connectivity index (χ1v) is 7.40. The van der Waals surface area contributed by atoms with Gasteiger partial charge < -0.3 is 19.7 Å². The third-order valence-electron chi connectivity index (χ3n) is 3.83. The van der Waals surface area contributed by atoms with Crippen molar-refractivity contribution < 1.29 is 19.7 Å². The van der Waals surface area contributed by atoms with E-state index in [4.69, 9.17) is 9.47 Å². The summed E-state index contributed by atoms with van der Waals surface area (Å²) < 4.78 is 11.3. The Hall–Kier alpha value is -3.15. The fourth-order valence-corrected chi connectivity index (χ4v) is 2.42. The zero-order chi connectivity index (χ0) is 17.3. The van der Waals surface area contributed by atoms with Gasteiger partial charge >= 0.3 is 0 Å². The fraction of sp³-hybridized carbons (Fsp3) is 0.167. The zero-order valence-corrected chi connectivity index (χ0v) is 13.6. The molecule has 3 aromatic rings. The minimum Gasteiger partial charge on any atom is -0.508 e. The molecule has 0 atom stereocenters. The minimum atomic E-state index is -0.0358. The summed E-state index contributed by atoms with van der Waals surface area (Å²) in [6, 6.07) is 10.4. The predicted molar refractivity (Wildman–Crippen MR) is 89.9 cm³/mol. The van der Waals surface area contributed by atoms with Crippen molar-refractivity contribution in [2.45, 2.75) is 13.8 Å². The lowest BCUT2D eigenvalue weighted by Crippen LogP contribution is -1.92. The molecule has 124 valence electrons. The Labute approximate surface area is 139 Å². The number of aromatic nitrogens is 2. The number of phenolic OH excluding ortho intramolecular Hbond substituents is 2. The van der Waals surface area contributed by atoms with Crippen LogP contribution >= 0.6 is 0 Å². The summed E-state index contributed by atoms with van der Waals surface area (Å²) in [5.74, 6) is 1.61. The van der Waals surface area contributed by atoms with Gasteiger partial charge in [-0.1, -0.05) is 12.1 Å². The summed E-state index contributed by atoms with van der Waals surface area (Å²) >= 11 is 0. The fourth-order valence-electron chi connectivity index (χ4n) is 2.42. The van der Waals surface area contributed by atoms with Gasteiger partial charge in [0.1, 0.15) is 17.2 Å². The Balaban J connectivity index is 2.09. The molecule has 1 aromatic heterocycles. The first-order chi connectivity index (χ1) is 11.5. The van der Waals surface area contributed by atoms with Crippen LogP contribution in [0.2, 0.25) is 0 Å². The van der Waals surface area contributed by atoms with Gasteiger partial charge in [0, 0.05) is 11.1 Å². The van der Waals surface area contributed by atoms with E-state index in [9.17, 15) is 10.2 Å². The molecule has 0 aliphatic rings. The SMILES string of the molecule is COc1ccccc1Oc1c(-c2ccc(O)c(C)c2O)n[nH]c1C. The van der Waals surface area contributed by atoms with Crippen LogP contribution in [0, 0.1) is 13.8 Å². The van der Waals surface area contributed by atoms with Gasteiger partial charge in [0.05, 0.1) is 12.8 Å². The molecule has 0 fully saturated rings. The smallest absolute Gasteiger partial charge is 0.176 e. The van der Waals surface area contributed by atoms with Gasteiger partial charge in [-0.2, -0.15) is 5.10 Å². The molecule has 0 amide bonds. The van der Waals surface area contributed by atoms with Crippen LogP contribution in [0.3, 0.4) is 0 Å². The lowest BCUT2D eigenvalue weighted by molar-refractivity contribution is 0.378. The van der Waals surface area contributed by atoms with Crippen molar-refractivity contribution in [2.24, 2.45) is 0 Å². The summed E-state index contributed by atoms with van der Waals surface area (Å²) in [5.41, 5.74) is 2.02. The molecule has 6 nitrogen and oxygen atoms in total. The second-order valence-electron chi connectivity index (χ2n) is 5.39. The number of H-pyrrole nitrogens is 1. The monoisotopic (exact) mass is 326 g/mol. The Morgan fingerprint density at radius 2 is 1.71 bits per heavy atom. The van der Waals surface area contributed by atoms with E-state index in [2.05, 4.69) is 10.2 Å². The number of ether oxygens (including phenoxy) is 2. The van der Waals surface area contributed by atoms with E-state index in [1.54, 1.807) is 32.2 Å². The Bertz CT molecular complexity index is 887. The number of aromatic hydroxyl groups is 2. The number of para-hydroxylation sites is 2. The third-order valence-corrected chi connectivity index (χ3v) is 3.83. The van der Waals surface area contributed by atoms with Crippen molar-refractivity contribution in [3.05, 3.63) is 47.7 Å². The van der Waals surface area contributed by atoms with Crippen molar-refractivity contribution in [1.29, 1.82) is 0 Å². The van der Waals surface area contributed by atoms with E-state index in [1.807, 2.05) is 19.1 Å². The summed E-state index contributed by atoms with van der Waals surface area (Å²) in [4.78, 5) is 0. The topological polar surface area (TPSA) is 87.6 Å². The lowest BCUT2D eigenvalue weighted by Gasteiger charge is -2.12. The van der Waals surface area contributed by atoms with Crippen molar-refractivity contribution in [1.82, 2.24) is 10.2 Å². The number of benzene rings is 2. The second-order valence-corrected chi connectivity index (χ2v) is 5.39. The molecule has 3 rings (SSSR count). The maximum absolute atomic E-state index is 10.3. The number of aromatic amines is 1. The van der Waals surface area contributed by atoms with Crippen molar-refractivity contribution in [3.8, 4) is 40.0 Å². The molecule has 2 aromatic carbocycles. The van der Waals surface area contributed by atoms with Crippen LogP contribution < -0.4 is 9.47 Å². The van der Waals surface area contributed by atoms with Gasteiger partial charge in [0.2, 0.25) is 0 Å². The molecule has 0 spiro atoms. The van der Waals surface area contributed by atoms with Crippen molar-refractivity contribution in [2.75, 3.05) is 7.11 Å². The maximum Gasteiger partial charge on any atom is 0.176 e. The largest absolute Gasteiger partial charge is 0.508 e. The molecule has 0 bridgehead atoms. The van der Waals surface area contributed by atoms with E-state index in [0.29, 0.717) is 39.8 Å². The summed E-state index contributed by atoms with van der Waals surface area (Å²) in [6.07, 6.45) is 0. The van der Waals surface area contributed by atoms with Crippen LogP contribution in [-0.2, 0) is 0 Å². The van der Waals surface area contributed by atoms with Gasteiger partial charge in [0.25, 0.3) is 0 Å².